The highest BCUT2D eigenvalue weighted by Crippen LogP contribution is 2.48. The van der Waals surface area contributed by atoms with E-state index in [1.165, 1.54) is 22.3 Å². The smallest absolute Gasteiger partial charge is 0.410 e. The number of piperidine rings is 1. The molecular weight excluding hydrogens is 436 g/mol. The predicted octanol–water partition coefficient (Wildman–Crippen LogP) is 5.63. The first-order valence-electron chi connectivity index (χ1n) is 12.4. The van der Waals surface area contributed by atoms with Crippen LogP contribution in [-0.4, -0.2) is 34.8 Å². The minimum Gasteiger partial charge on any atom is -0.448 e. The van der Waals surface area contributed by atoms with Gasteiger partial charge in [-0.25, -0.2) is 4.79 Å². The van der Waals surface area contributed by atoms with Crippen molar-refractivity contribution in [1.29, 1.82) is 5.26 Å². The highest BCUT2D eigenvalue weighted by Gasteiger charge is 2.51. The molecule has 35 heavy (non-hydrogen) atoms. The summed E-state index contributed by atoms with van der Waals surface area (Å²) in [5.41, 5.74) is 6.00. The van der Waals surface area contributed by atoms with E-state index in [1.807, 2.05) is 48.2 Å². The Morgan fingerprint density at radius 2 is 1.60 bits per heavy atom. The van der Waals surface area contributed by atoms with Crippen LogP contribution in [0.2, 0.25) is 0 Å². The molecule has 0 saturated carbocycles. The van der Waals surface area contributed by atoms with Crippen LogP contribution in [0, 0.1) is 18.3 Å². The number of nitriles is 1. The van der Waals surface area contributed by atoms with Gasteiger partial charge in [-0.05, 0) is 59.2 Å². The Bertz CT molecular complexity index is 1300. The largest absolute Gasteiger partial charge is 0.448 e. The van der Waals surface area contributed by atoms with Crippen LogP contribution in [0.15, 0.2) is 66.7 Å². The lowest BCUT2D eigenvalue weighted by Gasteiger charge is -2.44. The van der Waals surface area contributed by atoms with Gasteiger partial charge in [0.15, 0.2) is 0 Å². The van der Waals surface area contributed by atoms with Crippen molar-refractivity contribution in [3.05, 3.63) is 94.5 Å². The molecule has 1 aliphatic carbocycles. The van der Waals surface area contributed by atoms with Crippen molar-refractivity contribution in [2.24, 2.45) is 0 Å². The predicted molar refractivity (Wildman–Crippen MR) is 133 cm³/mol. The van der Waals surface area contributed by atoms with Crippen molar-refractivity contribution in [3.8, 4) is 17.2 Å². The van der Waals surface area contributed by atoms with E-state index in [0.29, 0.717) is 25.0 Å². The number of carbonyl (C=O) groups is 1. The van der Waals surface area contributed by atoms with Crippen LogP contribution in [0.1, 0.15) is 59.4 Å². The molecule has 176 valence electrons. The summed E-state index contributed by atoms with van der Waals surface area (Å²) >= 11 is 0. The molecule has 2 aliphatic heterocycles. The van der Waals surface area contributed by atoms with Gasteiger partial charge >= 0.3 is 6.09 Å². The molecule has 3 aliphatic rings. The van der Waals surface area contributed by atoms with Gasteiger partial charge in [0, 0.05) is 30.8 Å². The Morgan fingerprint density at radius 1 is 1.00 bits per heavy atom. The summed E-state index contributed by atoms with van der Waals surface area (Å²) < 4.78 is 5.96. The summed E-state index contributed by atoms with van der Waals surface area (Å²) in [7, 11) is 0. The molecule has 6 rings (SSSR count). The van der Waals surface area contributed by atoms with E-state index >= 15 is 0 Å². The average molecular weight is 465 g/mol. The van der Waals surface area contributed by atoms with E-state index < -0.39 is 5.60 Å². The van der Waals surface area contributed by atoms with Crippen LogP contribution in [0.25, 0.3) is 11.1 Å². The first kappa shape index (κ1) is 21.9. The third kappa shape index (κ3) is 3.44. The zero-order valence-electron chi connectivity index (χ0n) is 19.8. The second kappa shape index (κ2) is 8.25. The molecule has 0 spiro atoms. The van der Waals surface area contributed by atoms with Crippen molar-refractivity contribution in [2.75, 3.05) is 6.61 Å². The Kier molecular flexibility index (Phi) is 5.16. The molecule has 2 bridgehead atoms. The van der Waals surface area contributed by atoms with Crippen LogP contribution < -0.4 is 0 Å². The van der Waals surface area contributed by atoms with Gasteiger partial charge in [-0.3, -0.25) is 0 Å². The summed E-state index contributed by atoms with van der Waals surface area (Å²) in [6.07, 6.45) is 2.35. The highest BCUT2D eigenvalue weighted by molar-refractivity contribution is 5.79. The molecule has 2 atom stereocenters. The molecule has 1 N–H and O–H groups in total. The van der Waals surface area contributed by atoms with E-state index in [-0.39, 0.29) is 24.1 Å². The van der Waals surface area contributed by atoms with Gasteiger partial charge < -0.3 is 14.7 Å². The van der Waals surface area contributed by atoms with Crippen molar-refractivity contribution in [1.82, 2.24) is 4.90 Å². The number of aliphatic hydroxyl groups is 1. The fourth-order valence-corrected chi connectivity index (χ4v) is 6.67. The van der Waals surface area contributed by atoms with Gasteiger partial charge in [-0.1, -0.05) is 60.7 Å². The van der Waals surface area contributed by atoms with E-state index in [9.17, 15) is 15.2 Å². The quantitative estimate of drug-likeness (QED) is 0.545. The van der Waals surface area contributed by atoms with Gasteiger partial charge in [0.1, 0.15) is 6.61 Å². The number of ether oxygens (including phenoxy) is 1. The number of nitrogens with zero attached hydrogens (tertiary/aromatic N) is 2. The highest BCUT2D eigenvalue weighted by atomic mass is 16.6. The van der Waals surface area contributed by atoms with Gasteiger partial charge in [0.2, 0.25) is 0 Å². The fourth-order valence-electron chi connectivity index (χ4n) is 6.67. The number of hydrogen-bond donors (Lipinski definition) is 1. The summed E-state index contributed by atoms with van der Waals surface area (Å²) in [4.78, 5) is 15.2. The average Bonchev–Trinajstić information content (AvgIpc) is 3.34. The van der Waals surface area contributed by atoms with E-state index in [4.69, 9.17) is 4.74 Å². The standard InChI is InChI=1S/C30H28N2O3/c1-19-20(17-31)7-6-12-28(19)30(34)15-21-13-14-22(16-30)32(21)29(33)35-18-27-25-10-4-2-8-23(25)24-9-3-5-11-26(24)27/h2-12,21-22,27,34H,13-16,18H2,1H3. The van der Waals surface area contributed by atoms with Crippen molar-refractivity contribution < 1.29 is 14.6 Å². The minimum atomic E-state index is -1.04. The number of benzene rings is 3. The SMILES string of the molecule is Cc1c(C#N)cccc1C1(O)CC2CCC(C1)N2C(=O)OCC1c2ccccc2-c2ccccc21. The third-order valence-corrected chi connectivity index (χ3v) is 8.27. The molecule has 5 heteroatoms. The normalized spacial score (nSPS) is 24.5. The number of fused-ring (bicyclic) bond motifs is 5. The molecular formula is C30H28N2O3. The second-order valence-corrected chi connectivity index (χ2v) is 10.1. The maximum absolute atomic E-state index is 13.3. The van der Waals surface area contributed by atoms with Gasteiger partial charge in [0.05, 0.1) is 17.2 Å². The number of hydrogen-bond acceptors (Lipinski definition) is 4. The fraction of sp³-hybridized carbons (Fsp3) is 0.333. The molecule has 3 aromatic carbocycles. The lowest BCUT2D eigenvalue weighted by molar-refractivity contribution is -0.0535. The molecule has 1 amide bonds. The third-order valence-electron chi connectivity index (χ3n) is 8.27. The molecule has 0 aromatic heterocycles. The number of amides is 1. The maximum Gasteiger partial charge on any atom is 0.410 e. The molecule has 2 fully saturated rings. The lowest BCUT2D eigenvalue weighted by atomic mass is 9.78. The van der Waals surface area contributed by atoms with E-state index in [1.54, 1.807) is 6.07 Å². The number of rotatable bonds is 3. The van der Waals surface area contributed by atoms with Gasteiger partial charge in [-0.2, -0.15) is 5.26 Å². The minimum absolute atomic E-state index is 0.0297. The Balaban J connectivity index is 1.20. The van der Waals surface area contributed by atoms with Crippen molar-refractivity contribution in [2.45, 2.75) is 56.2 Å². The van der Waals surface area contributed by atoms with E-state index in [2.05, 4.69) is 30.3 Å². The van der Waals surface area contributed by atoms with Crippen LogP contribution in [0.3, 0.4) is 0 Å². The molecule has 2 unspecified atom stereocenters. The van der Waals surface area contributed by atoms with Gasteiger partial charge in [-0.15, -0.1) is 0 Å². The van der Waals surface area contributed by atoms with Crippen LogP contribution in [-0.2, 0) is 10.3 Å². The van der Waals surface area contributed by atoms with E-state index in [0.717, 1.165) is 24.0 Å². The Hall–Kier alpha value is -3.62. The van der Waals surface area contributed by atoms with Crippen molar-refractivity contribution in [3.63, 3.8) is 0 Å². The zero-order valence-corrected chi connectivity index (χ0v) is 19.8. The lowest BCUT2D eigenvalue weighted by Crippen LogP contribution is -2.52. The maximum atomic E-state index is 13.3. The monoisotopic (exact) mass is 464 g/mol. The van der Waals surface area contributed by atoms with Crippen LogP contribution in [0.5, 0.6) is 0 Å². The topological polar surface area (TPSA) is 73.6 Å². The molecule has 2 saturated heterocycles. The van der Waals surface area contributed by atoms with Crippen LogP contribution in [0.4, 0.5) is 4.79 Å². The van der Waals surface area contributed by atoms with Gasteiger partial charge in [0.25, 0.3) is 0 Å². The summed E-state index contributed by atoms with van der Waals surface area (Å²) in [6.45, 7) is 2.20. The number of carbonyl (C=O) groups excluding carboxylic acids is 1. The summed E-state index contributed by atoms with van der Waals surface area (Å²) in [5, 5.41) is 21.1. The van der Waals surface area contributed by atoms with Crippen molar-refractivity contribution >= 4 is 6.09 Å². The summed E-state index contributed by atoms with van der Waals surface area (Å²) in [6, 6.07) is 24.3. The Labute approximate surface area is 205 Å². The first-order valence-corrected chi connectivity index (χ1v) is 12.4. The molecule has 2 heterocycles. The summed E-state index contributed by atoms with van der Waals surface area (Å²) in [5.74, 6) is 0.0297. The first-order chi connectivity index (χ1) is 17.0. The second-order valence-electron chi connectivity index (χ2n) is 10.1. The Morgan fingerprint density at radius 3 is 2.20 bits per heavy atom. The van der Waals surface area contributed by atoms with Crippen LogP contribution >= 0.6 is 0 Å². The molecule has 3 aromatic rings. The molecule has 5 nitrogen and oxygen atoms in total. The molecule has 0 radical (unpaired) electrons. The zero-order chi connectivity index (χ0) is 24.2.